The van der Waals surface area contributed by atoms with Crippen molar-refractivity contribution in [2.75, 3.05) is 13.7 Å². The molecule has 1 heterocycles. The first-order valence-corrected chi connectivity index (χ1v) is 6.26. The summed E-state index contributed by atoms with van der Waals surface area (Å²) < 4.78 is 19.3. The summed E-state index contributed by atoms with van der Waals surface area (Å²) in [7, 11) is 1.78. The maximum Gasteiger partial charge on any atom is 0.146 e. The van der Waals surface area contributed by atoms with Crippen LogP contribution in [0.5, 0.6) is 5.75 Å². The van der Waals surface area contributed by atoms with Gasteiger partial charge in [0, 0.05) is 6.20 Å². The van der Waals surface area contributed by atoms with Crippen molar-refractivity contribution in [1.82, 2.24) is 10.3 Å². The lowest BCUT2D eigenvalue weighted by Crippen LogP contribution is -2.20. The molecule has 1 N–H and O–H groups in total. The molecule has 3 nitrogen and oxygen atoms in total. The standard InChI is InChI=1S/C15H17FN2O/c1-3-19-12-7-4-6-11(10-12)14(17-2)15-13(16)8-5-9-18-15/h4-10,14,17H,3H2,1-2H3. The lowest BCUT2D eigenvalue weighted by Gasteiger charge is -2.17. The van der Waals surface area contributed by atoms with Crippen molar-refractivity contribution in [1.29, 1.82) is 0 Å². The predicted octanol–water partition coefficient (Wildman–Crippen LogP) is 2.93. The molecule has 0 aliphatic heterocycles. The van der Waals surface area contributed by atoms with Crippen LogP contribution in [0.2, 0.25) is 0 Å². The van der Waals surface area contributed by atoms with Crippen molar-refractivity contribution in [3.05, 3.63) is 59.7 Å². The van der Waals surface area contributed by atoms with E-state index in [1.165, 1.54) is 6.07 Å². The molecule has 1 aromatic carbocycles. The molecule has 1 unspecified atom stereocenters. The van der Waals surface area contributed by atoms with Crippen LogP contribution in [-0.4, -0.2) is 18.6 Å². The fourth-order valence-corrected chi connectivity index (χ4v) is 2.02. The Kier molecular flexibility index (Phi) is 4.47. The van der Waals surface area contributed by atoms with Gasteiger partial charge in [0.15, 0.2) is 0 Å². The van der Waals surface area contributed by atoms with Gasteiger partial charge in [-0.2, -0.15) is 0 Å². The third kappa shape index (κ3) is 3.09. The summed E-state index contributed by atoms with van der Waals surface area (Å²) in [6.45, 7) is 2.53. The van der Waals surface area contributed by atoms with Gasteiger partial charge in [-0.3, -0.25) is 4.98 Å². The van der Waals surface area contributed by atoms with Crippen LogP contribution < -0.4 is 10.1 Å². The van der Waals surface area contributed by atoms with E-state index in [1.807, 2.05) is 31.2 Å². The topological polar surface area (TPSA) is 34.1 Å². The largest absolute Gasteiger partial charge is 0.494 e. The minimum atomic E-state index is -0.316. The minimum Gasteiger partial charge on any atom is -0.494 e. The molecule has 0 radical (unpaired) electrons. The number of nitrogens with zero attached hydrogens (tertiary/aromatic N) is 1. The summed E-state index contributed by atoms with van der Waals surface area (Å²) in [5.41, 5.74) is 1.31. The highest BCUT2D eigenvalue weighted by atomic mass is 19.1. The van der Waals surface area contributed by atoms with E-state index >= 15 is 0 Å². The molecule has 0 saturated heterocycles. The van der Waals surface area contributed by atoms with Gasteiger partial charge in [0.25, 0.3) is 0 Å². The molecule has 0 amide bonds. The van der Waals surface area contributed by atoms with Gasteiger partial charge in [-0.25, -0.2) is 4.39 Å². The monoisotopic (exact) mass is 260 g/mol. The molecule has 0 bridgehead atoms. The van der Waals surface area contributed by atoms with Crippen LogP contribution in [0.25, 0.3) is 0 Å². The molecule has 4 heteroatoms. The average Bonchev–Trinajstić information content (AvgIpc) is 2.43. The Hall–Kier alpha value is -1.94. The molecule has 0 aliphatic rings. The SMILES string of the molecule is CCOc1cccc(C(NC)c2ncccc2F)c1. The maximum atomic E-state index is 13.8. The molecule has 19 heavy (non-hydrogen) atoms. The zero-order chi connectivity index (χ0) is 13.7. The molecule has 1 aromatic heterocycles. The van der Waals surface area contributed by atoms with Gasteiger partial charge in [0.2, 0.25) is 0 Å². The maximum absolute atomic E-state index is 13.8. The Morgan fingerprint density at radius 2 is 2.16 bits per heavy atom. The highest BCUT2D eigenvalue weighted by Crippen LogP contribution is 2.25. The van der Waals surface area contributed by atoms with E-state index in [0.717, 1.165) is 11.3 Å². The number of benzene rings is 1. The van der Waals surface area contributed by atoms with Gasteiger partial charge >= 0.3 is 0 Å². The van der Waals surface area contributed by atoms with Gasteiger partial charge in [0.05, 0.1) is 18.3 Å². The molecule has 0 spiro atoms. The number of hydrogen-bond donors (Lipinski definition) is 1. The summed E-state index contributed by atoms with van der Waals surface area (Å²) in [4.78, 5) is 4.12. The van der Waals surface area contributed by atoms with Crippen LogP contribution in [0.4, 0.5) is 4.39 Å². The number of aromatic nitrogens is 1. The second-order valence-electron chi connectivity index (χ2n) is 4.10. The Morgan fingerprint density at radius 1 is 1.32 bits per heavy atom. The van der Waals surface area contributed by atoms with Crippen molar-refractivity contribution < 1.29 is 9.13 Å². The van der Waals surface area contributed by atoms with Gasteiger partial charge < -0.3 is 10.1 Å². The Morgan fingerprint density at radius 3 is 2.84 bits per heavy atom. The Balaban J connectivity index is 2.37. The molecule has 2 rings (SSSR count). The number of halogens is 1. The zero-order valence-corrected chi connectivity index (χ0v) is 11.1. The van der Waals surface area contributed by atoms with E-state index in [4.69, 9.17) is 4.74 Å². The first-order valence-electron chi connectivity index (χ1n) is 6.26. The first-order chi connectivity index (χ1) is 9.26. The highest BCUT2D eigenvalue weighted by molar-refractivity contribution is 5.35. The Bertz CT molecular complexity index is 545. The fraction of sp³-hybridized carbons (Fsp3) is 0.267. The van der Waals surface area contributed by atoms with Crippen molar-refractivity contribution >= 4 is 0 Å². The molecule has 2 aromatic rings. The summed E-state index contributed by atoms with van der Waals surface area (Å²) >= 11 is 0. The predicted molar refractivity (Wildman–Crippen MR) is 72.7 cm³/mol. The number of rotatable bonds is 5. The molecular weight excluding hydrogens is 243 g/mol. The first kappa shape index (κ1) is 13.5. The molecule has 0 aliphatic carbocycles. The third-order valence-corrected chi connectivity index (χ3v) is 2.85. The fourth-order valence-electron chi connectivity index (χ4n) is 2.02. The van der Waals surface area contributed by atoms with Gasteiger partial charge in [-0.15, -0.1) is 0 Å². The van der Waals surface area contributed by atoms with Gasteiger partial charge in [0.1, 0.15) is 11.6 Å². The van der Waals surface area contributed by atoms with E-state index in [2.05, 4.69) is 10.3 Å². The quantitative estimate of drug-likeness (QED) is 0.897. The van der Waals surface area contributed by atoms with Gasteiger partial charge in [-0.1, -0.05) is 12.1 Å². The average molecular weight is 260 g/mol. The van der Waals surface area contributed by atoms with Crippen LogP contribution in [0.15, 0.2) is 42.6 Å². The third-order valence-electron chi connectivity index (χ3n) is 2.85. The summed E-state index contributed by atoms with van der Waals surface area (Å²) in [5, 5.41) is 3.09. The van der Waals surface area contributed by atoms with Crippen LogP contribution in [-0.2, 0) is 0 Å². The second kappa shape index (κ2) is 6.29. The molecule has 100 valence electrons. The number of nitrogens with one attached hydrogen (secondary N) is 1. The van der Waals surface area contributed by atoms with Crippen LogP contribution in [0.1, 0.15) is 24.2 Å². The van der Waals surface area contributed by atoms with E-state index in [9.17, 15) is 4.39 Å². The van der Waals surface area contributed by atoms with Crippen molar-refractivity contribution in [3.8, 4) is 5.75 Å². The van der Waals surface area contributed by atoms with Crippen LogP contribution >= 0.6 is 0 Å². The van der Waals surface area contributed by atoms with E-state index in [1.54, 1.807) is 19.3 Å². The summed E-state index contributed by atoms with van der Waals surface area (Å²) in [6.07, 6.45) is 1.59. The molecular formula is C15H17FN2O. The summed E-state index contributed by atoms with van der Waals surface area (Å²) in [6, 6.07) is 10.3. The zero-order valence-electron chi connectivity index (χ0n) is 11.1. The Labute approximate surface area is 112 Å². The van der Waals surface area contributed by atoms with Crippen molar-refractivity contribution in [2.24, 2.45) is 0 Å². The van der Waals surface area contributed by atoms with Crippen molar-refractivity contribution in [2.45, 2.75) is 13.0 Å². The van der Waals surface area contributed by atoms with Crippen LogP contribution in [0, 0.1) is 5.82 Å². The van der Waals surface area contributed by atoms with Crippen molar-refractivity contribution in [3.63, 3.8) is 0 Å². The minimum absolute atomic E-state index is 0.290. The smallest absolute Gasteiger partial charge is 0.146 e. The van der Waals surface area contributed by atoms with E-state index < -0.39 is 0 Å². The lowest BCUT2D eigenvalue weighted by atomic mass is 10.0. The number of pyridine rings is 1. The number of hydrogen-bond acceptors (Lipinski definition) is 3. The lowest BCUT2D eigenvalue weighted by molar-refractivity contribution is 0.339. The van der Waals surface area contributed by atoms with Gasteiger partial charge in [-0.05, 0) is 43.8 Å². The van der Waals surface area contributed by atoms with Crippen LogP contribution in [0.3, 0.4) is 0 Å². The van der Waals surface area contributed by atoms with E-state index in [0.29, 0.717) is 12.3 Å². The van der Waals surface area contributed by atoms with E-state index in [-0.39, 0.29) is 11.9 Å². The normalized spacial score (nSPS) is 12.2. The molecule has 1 atom stereocenters. The highest BCUT2D eigenvalue weighted by Gasteiger charge is 2.17. The second-order valence-corrected chi connectivity index (χ2v) is 4.10. The molecule has 0 fully saturated rings. The summed E-state index contributed by atoms with van der Waals surface area (Å²) in [5.74, 6) is 0.459. The molecule has 0 saturated carbocycles. The number of ether oxygens (including phenoxy) is 1.